The molecule has 1 aromatic rings. The monoisotopic (exact) mass is 346 g/mol. The van der Waals surface area contributed by atoms with E-state index in [0.717, 1.165) is 24.2 Å². The lowest BCUT2D eigenvalue weighted by molar-refractivity contribution is -0.137. The summed E-state index contributed by atoms with van der Waals surface area (Å²) in [5.41, 5.74) is -0.824. The fourth-order valence-corrected chi connectivity index (χ4v) is 4.09. The first-order valence-corrected chi connectivity index (χ1v) is 8.95. The second kappa shape index (κ2) is 7.04. The Kier molecular flexibility index (Phi) is 4.99. The molecule has 136 valence electrons. The Balaban J connectivity index is 1.64. The number of nitrogens with one attached hydrogen (secondary N) is 1. The number of imide groups is 1. The van der Waals surface area contributed by atoms with Crippen LogP contribution in [0.15, 0.2) is 30.3 Å². The lowest BCUT2D eigenvalue weighted by atomic mass is 9.67. The maximum Gasteiger partial charge on any atom is 0.325 e. The lowest BCUT2D eigenvalue weighted by Crippen LogP contribution is -2.59. The summed E-state index contributed by atoms with van der Waals surface area (Å²) >= 11 is 0. The van der Waals surface area contributed by atoms with Gasteiger partial charge in [-0.25, -0.2) is 4.79 Å². The molecule has 1 unspecified atom stereocenters. The number of aliphatic hydroxyl groups is 1. The maximum absolute atomic E-state index is 13.0. The van der Waals surface area contributed by atoms with Crippen LogP contribution in [0.1, 0.15) is 33.1 Å². The molecule has 2 aliphatic rings. The van der Waals surface area contributed by atoms with Crippen molar-refractivity contribution in [2.24, 2.45) is 11.8 Å². The number of urea groups is 1. The van der Waals surface area contributed by atoms with Crippen molar-refractivity contribution >= 4 is 11.9 Å². The van der Waals surface area contributed by atoms with E-state index in [4.69, 9.17) is 4.74 Å². The Morgan fingerprint density at radius 2 is 1.88 bits per heavy atom. The van der Waals surface area contributed by atoms with E-state index >= 15 is 0 Å². The van der Waals surface area contributed by atoms with E-state index in [1.54, 1.807) is 12.1 Å². The van der Waals surface area contributed by atoms with Crippen LogP contribution in [0, 0.1) is 11.8 Å². The molecular formula is C19H26N2O4. The summed E-state index contributed by atoms with van der Waals surface area (Å²) in [4.78, 5) is 26.6. The summed E-state index contributed by atoms with van der Waals surface area (Å²) < 4.78 is 5.51. The molecule has 2 fully saturated rings. The summed E-state index contributed by atoms with van der Waals surface area (Å²) in [7, 11) is 0. The number of benzene rings is 1. The van der Waals surface area contributed by atoms with Crippen LogP contribution >= 0.6 is 0 Å². The largest absolute Gasteiger partial charge is 0.491 e. The molecule has 6 heteroatoms. The Labute approximate surface area is 148 Å². The average Bonchev–Trinajstić information content (AvgIpc) is 2.85. The van der Waals surface area contributed by atoms with Gasteiger partial charge in [0.25, 0.3) is 5.91 Å². The molecule has 1 aliphatic carbocycles. The van der Waals surface area contributed by atoms with Crippen molar-refractivity contribution in [3.63, 3.8) is 0 Å². The molecule has 3 amide bonds. The maximum atomic E-state index is 13.0. The Morgan fingerprint density at radius 3 is 2.52 bits per heavy atom. The zero-order valence-electron chi connectivity index (χ0n) is 14.8. The Hall–Kier alpha value is -2.08. The quantitative estimate of drug-likeness (QED) is 0.801. The molecule has 3 rings (SSSR count). The van der Waals surface area contributed by atoms with Gasteiger partial charge in [0, 0.05) is 0 Å². The van der Waals surface area contributed by atoms with Gasteiger partial charge in [-0.3, -0.25) is 9.69 Å². The van der Waals surface area contributed by atoms with Crippen molar-refractivity contribution in [1.82, 2.24) is 10.2 Å². The van der Waals surface area contributed by atoms with Crippen LogP contribution < -0.4 is 10.1 Å². The Morgan fingerprint density at radius 1 is 1.24 bits per heavy atom. The molecule has 25 heavy (non-hydrogen) atoms. The minimum atomic E-state index is -0.931. The van der Waals surface area contributed by atoms with Crippen LogP contribution in [0.5, 0.6) is 5.75 Å². The van der Waals surface area contributed by atoms with Crippen molar-refractivity contribution in [3.05, 3.63) is 30.3 Å². The van der Waals surface area contributed by atoms with Gasteiger partial charge in [0.05, 0.1) is 6.54 Å². The van der Waals surface area contributed by atoms with Crippen molar-refractivity contribution in [2.75, 3.05) is 13.2 Å². The van der Waals surface area contributed by atoms with E-state index in [9.17, 15) is 14.7 Å². The predicted molar refractivity (Wildman–Crippen MR) is 93.1 cm³/mol. The molecule has 0 radical (unpaired) electrons. The third kappa shape index (κ3) is 3.23. The zero-order valence-corrected chi connectivity index (χ0v) is 14.8. The highest BCUT2D eigenvalue weighted by molar-refractivity contribution is 6.07. The number of ether oxygens (including phenoxy) is 1. The fourth-order valence-electron chi connectivity index (χ4n) is 4.09. The first-order chi connectivity index (χ1) is 11.9. The standard InChI is InChI=1S/C19H26N2O4/c1-13-7-6-8-14(2)19(13)17(23)21(18(24)20-19)11-15(22)12-25-16-9-4-3-5-10-16/h3-5,9-10,13-15,22H,6-8,11-12H2,1-2H3,(H,20,24)/t13-,14+,15-,19?/m0/s1. The molecule has 4 atom stereocenters. The third-order valence-electron chi connectivity index (χ3n) is 5.57. The van der Waals surface area contributed by atoms with Gasteiger partial charge in [-0.2, -0.15) is 0 Å². The zero-order chi connectivity index (χ0) is 18.0. The molecule has 1 spiro atoms. The van der Waals surface area contributed by atoms with Crippen LogP contribution in [0.2, 0.25) is 0 Å². The highest BCUT2D eigenvalue weighted by atomic mass is 16.5. The summed E-state index contributed by atoms with van der Waals surface area (Å²) in [5, 5.41) is 13.2. The molecule has 0 aromatic heterocycles. The molecule has 1 aliphatic heterocycles. The number of nitrogens with zero attached hydrogens (tertiary/aromatic N) is 1. The van der Waals surface area contributed by atoms with Gasteiger partial charge in [0.2, 0.25) is 0 Å². The highest BCUT2D eigenvalue weighted by Crippen LogP contribution is 2.42. The van der Waals surface area contributed by atoms with Crippen LogP contribution in [0.25, 0.3) is 0 Å². The molecule has 0 bridgehead atoms. The van der Waals surface area contributed by atoms with Gasteiger partial charge >= 0.3 is 6.03 Å². The van der Waals surface area contributed by atoms with Crippen molar-refractivity contribution < 1.29 is 19.4 Å². The van der Waals surface area contributed by atoms with Gasteiger partial charge in [0.1, 0.15) is 24.0 Å². The summed E-state index contributed by atoms with van der Waals surface area (Å²) in [6.07, 6.45) is 1.98. The first kappa shape index (κ1) is 17.7. The van der Waals surface area contributed by atoms with Crippen LogP contribution in [0.3, 0.4) is 0 Å². The van der Waals surface area contributed by atoms with E-state index in [0.29, 0.717) is 5.75 Å². The van der Waals surface area contributed by atoms with E-state index < -0.39 is 17.7 Å². The minimum absolute atomic E-state index is 0.0270. The topological polar surface area (TPSA) is 78.9 Å². The number of carbonyl (C=O) groups is 2. The number of hydrogen-bond acceptors (Lipinski definition) is 4. The van der Waals surface area contributed by atoms with Gasteiger partial charge in [0.15, 0.2) is 0 Å². The average molecular weight is 346 g/mol. The fraction of sp³-hybridized carbons (Fsp3) is 0.579. The molecule has 1 heterocycles. The number of para-hydroxylation sites is 1. The number of hydrogen-bond donors (Lipinski definition) is 2. The lowest BCUT2D eigenvalue weighted by Gasteiger charge is -2.42. The van der Waals surface area contributed by atoms with Gasteiger partial charge < -0.3 is 15.2 Å². The number of aliphatic hydroxyl groups excluding tert-OH is 1. The number of amides is 3. The molecule has 1 saturated carbocycles. The van der Waals surface area contributed by atoms with Gasteiger partial charge in [-0.05, 0) is 36.8 Å². The van der Waals surface area contributed by atoms with Crippen LogP contribution in [-0.4, -0.2) is 46.7 Å². The molecule has 1 saturated heterocycles. The van der Waals surface area contributed by atoms with E-state index in [1.165, 1.54) is 0 Å². The second-order valence-electron chi connectivity index (χ2n) is 7.23. The molecular weight excluding hydrogens is 320 g/mol. The summed E-state index contributed by atoms with van der Waals surface area (Å²) in [6, 6.07) is 8.73. The predicted octanol–water partition coefficient (Wildman–Crippen LogP) is 2.17. The van der Waals surface area contributed by atoms with E-state index in [1.807, 2.05) is 32.0 Å². The first-order valence-electron chi connectivity index (χ1n) is 8.95. The van der Waals surface area contributed by atoms with Crippen molar-refractivity contribution in [3.8, 4) is 5.75 Å². The van der Waals surface area contributed by atoms with Gasteiger partial charge in [-0.15, -0.1) is 0 Å². The SMILES string of the molecule is C[C@@H]1CCC[C@H](C)C12NC(=O)N(C[C@H](O)COc1ccccc1)C2=O. The molecule has 2 N–H and O–H groups in total. The van der Waals surface area contributed by atoms with E-state index in [-0.39, 0.29) is 30.9 Å². The van der Waals surface area contributed by atoms with Crippen molar-refractivity contribution in [2.45, 2.75) is 44.8 Å². The normalized spacial score (nSPS) is 30.4. The Bertz CT molecular complexity index is 624. The summed E-state index contributed by atoms with van der Waals surface area (Å²) in [5.74, 6) is 0.617. The highest BCUT2D eigenvalue weighted by Gasteiger charge is 2.58. The molecule has 1 aromatic carbocycles. The van der Waals surface area contributed by atoms with E-state index in [2.05, 4.69) is 5.32 Å². The van der Waals surface area contributed by atoms with Gasteiger partial charge in [-0.1, -0.05) is 38.5 Å². The van der Waals surface area contributed by atoms with Crippen LogP contribution in [-0.2, 0) is 4.79 Å². The minimum Gasteiger partial charge on any atom is -0.491 e. The van der Waals surface area contributed by atoms with Crippen LogP contribution in [0.4, 0.5) is 4.79 Å². The third-order valence-corrected chi connectivity index (χ3v) is 5.57. The molecule has 6 nitrogen and oxygen atoms in total. The summed E-state index contributed by atoms with van der Waals surface area (Å²) in [6.45, 7) is 4.01. The number of carbonyl (C=O) groups excluding carboxylic acids is 2. The number of β-amino-alcohol motifs (C(OH)–C–C–N with tert-alkyl or cyclic N) is 1. The smallest absolute Gasteiger partial charge is 0.325 e. The number of rotatable bonds is 5. The van der Waals surface area contributed by atoms with Crippen molar-refractivity contribution in [1.29, 1.82) is 0 Å². The second-order valence-corrected chi connectivity index (χ2v) is 7.23.